The highest BCUT2D eigenvalue weighted by Gasteiger charge is 2.16. The van der Waals surface area contributed by atoms with Gasteiger partial charge in [0.1, 0.15) is 0 Å². The van der Waals surface area contributed by atoms with Gasteiger partial charge in [-0.05, 0) is 32.7 Å². The molecule has 1 atom stereocenters. The second-order valence-electron chi connectivity index (χ2n) is 5.29. The van der Waals surface area contributed by atoms with Crippen LogP contribution in [-0.4, -0.2) is 35.4 Å². The molecule has 1 aliphatic heterocycles. The summed E-state index contributed by atoms with van der Waals surface area (Å²) in [4.78, 5) is 18.3. The molecule has 1 fully saturated rings. The maximum absolute atomic E-state index is 12.1. The van der Waals surface area contributed by atoms with Gasteiger partial charge in [-0.15, -0.1) is 11.3 Å². The molecule has 2 rings (SSSR count). The third kappa shape index (κ3) is 4.58. The zero-order valence-corrected chi connectivity index (χ0v) is 12.6. The van der Waals surface area contributed by atoms with Crippen LogP contribution in [0.2, 0.25) is 0 Å². The SMILES string of the molecule is Cc1nc(CN(C)C(=O)CCC2CCCCN2)cs1. The largest absolute Gasteiger partial charge is 0.340 e. The lowest BCUT2D eigenvalue weighted by atomic mass is 10.0. The van der Waals surface area contributed by atoms with Crippen LogP contribution < -0.4 is 5.32 Å². The van der Waals surface area contributed by atoms with Crippen LogP contribution >= 0.6 is 11.3 Å². The molecule has 4 nitrogen and oxygen atoms in total. The fraction of sp³-hybridized carbons (Fsp3) is 0.714. The first-order chi connectivity index (χ1) is 9.15. The summed E-state index contributed by atoms with van der Waals surface area (Å²) in [7, 11) is 1.87. The van der Waals surface area contributed by atoms with Crippen LogP contribution in [-0.2, 0) is 11.3 Å². The Morgan fingerprint density at radius 3 is 3.05 bits per heavy atom. The zero-order chi connectivity index (χ0) is 13.7. The Hall–Kier alpha value is -0.940. The van der Waals surface area contributed by atoms with Crippen molar-refractivity contribution in [3.8, 4) is 0 Å². The summed E-state index contributed by atoms with van der Waals surface area (Å²) in [6, 6.07) is 0.535. The van der Waals surface area contributed by atoms with Crippen LogP contribution in [0.3, 0.4) is 0 Å². The molecule has 1 N–H and O–H groups in total. The van der Waals surface area contributed by atoms with Gasteiger partial charge in [0.25, 0.3) is 0 Å². The van der Waals surface area contributed by atoms with E-state index in [1.807, 2.05) is 19.4 Å². The number of thiazole rings is 1. The fourth-order valence-electron chi connectivity index (χ4n) is 2.47. The molecular formula is C14H23N3OS. The number of rotatable bonds is 5. The second kappa shape index (κ2) is 7.01. The normalized spacial score (nSPS) is 19.4. The van der Waals surface area contributed by atoms with Gasteiger partial charge in [0.05, 0.1) is 17.2 Å². The summed E-state index contributed by atoms with van der Waals surface area (Å²) in [5.74, 6) is 0.220. The Bertz CT molecular complexity index is 413. The summed E-state index contributed by atoms with van der Waals surface area (Å²) in [6.45, 7) is 3.72. The molecule has 0 spiro atoms. The van der Waals surface area contributed by atoms with Gasteiger partial charge in [-0.1, -0.05) is 6.42 Å². The number of nitrogens with one attached hydrogen (secondary N) is 1. The van der Waals surface area contributed by atoms with Crippen molar-refractivity contribution < 1.29 is 4.79 Å². The molecule has 0 aromatic carbocycles. The third-order valence-corrected chi connectivity index (χ3v) is 4.43. The molecule has 0 aliphatic carbocycles. The van der Waals surface area contributed by atoms with Crippen LogP contribution in [0.15, 0.2) is 5.38 Å². The van der Waals surface area contributed by atoms with Crippen LogP contribution in [0.25, 0.3) is 0 Å². The van der Waals surface area contributed by atoms with Crippen LogP contribution in [0.5, 0.6) is 0 Å². The monoisotopic (exact) mass is 281 g/mol. The standard InChI is InChI=1S/C14H23N3OS/c1-11-16-13(10-19-11)9-17(2)14(18)7-6-12-5-3-4-8-15-12/h10,12,15H,3-9H2,1-2H3. The van der Waals surface area contributed by atoms with E-state index in [9.17, 15) is 4.79 Å². The lowest BCUT2D eigenvalue weighted by molar-refractivity contribution is -0.130. The van der Waals surface area contributed by atoms with Crippen molar-refractivity contribution in [2.75, 3.05) is 13.6 Å². The predicted octanol–water partition coefficient (Wildman–Crippen LogP) is 2.33. The Morgan fingerprint density at radius 1 is 1.58 bits per heavy atom. The van der Waals surface area contributed by atoms with Crippen molar-refractivity contribution in [1.82, 2.24) is 15.2 Å². The number of hydrogen-bond acceptors (Lipinski definition) is 4. The van der Waals surface area contributed by atoms with E-state index in [-0.39, 0.29) is 5.91 Å². The minimum absolute atomic E-state index is 0.220. The average Bonchev–Trinajstić information content (AvgIpc) is 2.82. The van der Waals surface area contributed by atoms with E-state index in [1.54, 1.807) is 16.2 Å². The number of hydrogen-bond donors (Lipinski definition) is 1. The number of piperidine rings is 1. The summed E-state index contributed by atoms with van der Waals surface area (Å²) in [5.41, 5.74) is 0.995. The summed E-state index contributed by atoms with van der Waals surface area (Å²) >= 11 is 1.64. The van der Waals surface area contributed by atoms with E-state index in [4.69, 9.17) is 0 Å². The molecular weight excluding hydrogens is 258 g/mol. The fourth-order valence-corrected chi connectivity index (χ4v) is 3.07. The van der Waals surface area contributed by atoms with E-state index in [0.29, 0.717) is 19.0 Å². The first kappa shape index (κ1) is 14.5. The summed E-state index contributed by atoms with van der Waals surface area (Å²) in [6.07, 6.45) is 5.37. The highest BCUT2D eigenvalue weighted by atomic mass is 32.1. The molecule has 0 saturated carbocycles. The van der Waals surface area contributed by atoms with Crippen molar-refractivity contribution in [3.63, 3.8) is 0 Å². The first-order valence-electron chi connectivity index (χ1n) is 7.03. The molecule has 1 aromatic rings. The van der Waals surface area contributed by atoms with Gasteiger partial charge in [-0.3, -0.25) is 4.79 Å². The quantitative estimate of drug-likeness (QED) is 0.901. The number of carbonyl (C=O) groups is 1. The topological polar surface area (TPSA) is 45.2 Å². The summed E-state index contributed by atoms with van der Waals surface area (Å²) in [5, 5.41) is 6.57. The number of carbonyl (C=O) groups excluding carboxylic acids is 1. The van der Waals surface area contributed by atoms with E-state index in [1.165, 1.54) is 19.3 Å². The van der Waals surface area contributed by atoms with Crippen molar-refractivity contribution in [3.05, 3.63) is 16.1 Å². The average molecular weight is 281 g/mol. The minimum Gasteiger partial charge on any atom is -0.340 e. The Labute approximate surface area is 119 Å². The van der Waals surface area contributed by atoms with E-state index in [2.05, 4.69) is 10.3 Å². The van der Waals surface area contributed by atoms with Gasteiger partial charge in [0.15, 0.2) is 0 Å². The minimum atomic E-state index is 0.220. The zero-order valence-electron chi connectivity index (χ0n) is 11.8. The Morgan fingerprint density at radius 2 is 2.42 bits per heavy atom. The maximum Gasteiger partial charge on any atom is 0.222 e. The van der Waals surface area contributed by atoms with E-state index in [0.717, 1.165) is 23.7 Å². The van der Waals surface area contributed by atoms with E-state index >= 15 is 0 Å². The maximum atomic E-state index is 12.1. The predicted molar refractivity (Wildman–Crippen MR) is 78.2 cm³/mol. The van der Waals surface area contributed by atoms with Gasteiger partial charge >= 0.3 is 0 Å². The molecule has 2 heterocycles. The highest BCUT2D eigenvalue weighted by Crippen LogP contribution is 2.14. The van der Waals surface area contributed by atoms with Crippen LogP contribution in [0, 0.1) is 6.92 Å². The number of aromatic nitrogens is 1. The van der Waals surface area contributed by atoms with Crippen LogP contribution in [0.1, 0.15) is 42.8 Å². The molecule has 1 unspecified atom stereocenters. The molecule has 1 aliphatic rings. The molecule has 19 heavy (non-hydrogen) atoms. The van der Waals surface area contributed by atoms with E-state index < -0.39 is 0 Å². The molecule has 1 aromatic heterocycles. The molecule has 0 bridgehead atoms. The van der Waals surface area contributed by atoms with Crippen molar-refractivity contribution in [1.29, 1.82) is 0 Å². The van der Waals surface area contributed by atoms with Gasteiger partial charge in [0.2, 0.25) is 5.91 Å². The van der Waals surface area contributed by atoms with Crippen molar-refractivity contribution in [2.24, 2.45) is 0 Å². The van der Waals surface area contributed by atoms with Crippen LogP contribution in [0.4, 0.5) is 0 Å². The molecule has 1 amide bonds. The Kier molecular flexibility index (Phi) is 5.34. The Balaban J connectivity index is 1.72. The van der Waals surface area contributed by atoms with Gasteiger partial charge in [-0.2, -0.15) is 0 Å². The second-order valence-corrected chi connectivity index (χ2v) is 6.36. The molecule has 1 saturated heterocycles. The third-order valence-electron chi connectivity index (χ3n) is 3.61. The highest BCUT2D eigenvalue weighted by molar-refractivity contribution is 7.09. The summed E-state index contributed by atoms with van der Waals surface area (Å²) < 4.78 is 0. The van der Waals surface area contributed by atoms with Crippen molar-refractivity contribution in [2.45, 2.75) is 51.6 Å². The lowest BCUT2D eigenvalue weighted by Gasteiger charge is -2.24. The number of amides is 1. The molecule has 5 heteroatoms. The molecule has 106 valence electrons. The number of nitrogens with zero attached hydrogens (tertiary/aromatic N) is 2. The van der Waals surface area contributed by atoms with Crippen molar-refractivity contribution >= 4 is 17.2 Å². The van der Waals surface area contributed by atoms with Gasteiger partial charge < -0.3 is 10.2 Å². The lowest BCUT2D eigenvalue weighted by Crippen LogP contribution is -2.35. The molecule has 0 radical (unpaired) electrons. The van der Waals surface area contributed by atoms with Gasteiger partial charge in [0, 0.05) is 24.9 Å². The van der Waals surface area contributed by atoms with Gasteiger partial charge in [-0.25, -0.2) is 4.98 Å². The first-order valence-corrected chi connectivity index (χ1v) is 7.91. The number of aryl methyl sites for hydroxylation is 1. The smallest absolute Gasteiger partial charge is 0.222 e.